The predicted octanol–water partition coefficient (Wildman–Crippen LogP) is 3.02. The first-order valence-corrected chi connectivity index (χ1v) is 7.77. The minimum Gasteiger partial charge on any atom is -0.496 e. The quantitative estimate of drug-likeness (QED) is 0.908. The predicted molar refractivity (Wildman–Crippen MR) is 86.2 cm³/mol. The zero-order valence-electron chi connectivity index (χ0n) is 14.4. The zero-order valence-corrected chi connectivity index (χ0v) is 14.4. The van der Waals surface area contributed by atoms with Gasteiger partial charge in [0.15, 0.2) is 0 Å². The molecule has 0 radical (unpaired) electrons. The highest BCUT2D eigenvalue weighted by atomic mass is 19.1. The fourth-order valence-electron chi connectivity index (χ4n) is 2.72. The first kappa shape index (κ1) is 17.5. The van der Waals surface area contributed by atoms with E-state index in [2.05, 4.69) is 5.32 Å². The SMILES string of the molecule is COc1cc(C)cc(F)c1C1CNCCN1C(=O)OC(C)(C)C. The number of carbonyl (C=O) groups excluding carboxylic acids is 1. The normalized spacial score (nSPS) is 18.7. The maximum absolute atomic E-state index is 14.6. The van der Waals surface area contributed by atoms with E-state index in [0.717, 1.165) is 5.56 Å². The van der Waals surface area contributed by atoms with Crippen molar-refractivity contribution >= 4 is 6.09 Å². The Labute approximate surface area is 136 Å². The summed E-state index contributed by atoms with van der Waals surface area (Å²) in [4.78, 5) is 14.1. The molecule has 1 heterocycles. The molecular formula is C17H25FN2O3. The summed E-state index contributed by atoms with van der Waals surface area (Å²) >= 11 is 0. The van der Waals surface area contributed by atoms with Gasteiger partial charge in [0, 0.05) is 19.6 Å². The number of aryl methyl sites for hydroxylation is 1. The Morgan fingerprint density at radius 1 is 1.39 bits per heavy atom. The van der Waals surface area contributed by atoms with E-state index in [9.17, 15) is 9.18 Å². The van der Waals surface area contributed by atoms with Gasteiger partial charge in [-0.05, 0) is 45.4 Å². The molecule has 0 bridgehead atoms. The Hall–Kier alpha value is -1.82. The zero-order chi connectivity index (χ0) is 17.2. The van der Waals surface area contributed by atoms with Gasteiger partial charge in [-0.3, -0.25) is 4.90 Å². The van der Waals surface area contributed by atoms with Crippen molar-refractivity contribution in [2.45, 2.75) is 39.3 Å². The van der Waals surface area contributed by atoms with Crippen molar-refractivity contribution in [3.05, 3.63) is 29.1 Å². The Morgan fingerprint density at radius 3 is 2.70 bits per heavy atom. The van der Waals surface area contributed by atoms with Gasteiger partial charge in [0.1, 0.15) is 17.2 Å². The van der Waals surface area contributed by atoms with Gasteiger partial charge >= 0.3 is 6.09 Å². The number of halogens is 1. The topological polar surface area (TPSA) is 50.8 Å². The van der Waals surface area contributed by atoms with E-state index >= 15 is 0 Å². The highest BCUT2D eigenvalue weighted by Crippen LogP contribution is 2.34. The van der Waals surface area contributed by atoms with Gasteiger partial charge in [-0.15, -0.1) is 0 Å². The first-order chi connectivity index (χ1) is 10.7. The number of carbonyl (C=O) groups is 1. The molecule has 1 atom stereocenters. The number of nitrogens with zero attached hydrogens (tertiary/aromatic N) is 1. The molecule has 0 spiro atoms. The van der Waals surface area contributed by atoms with Crippen LogP contribution >= 0.6 is 0 Å². The van der Waals surface area contributed by atoms with Crippen molar-refractivity contribution in [1.29, 1.82) is 0 Å². The number of hydrogen-bond donors (Lipinski definition) is 1. The van der Waals surface area contributed by atoms with Gasteiger partial charge < -0.3 is 14.8 Å². The lowest BCUT2D eigenvalue weighted by molar-refractivity contribution is 0.0112. The molecule has 2 rings (SSSR count). The molecule has 1 N–H and O–H groups in total. The first-order valence-electron chi connectivity index (χ1n) is 7.77. The minimum absolute atomic E-state index is 0.371. The van der Waals surface area contributed by atoms with Crippen LogP contribution in [0.3, 0.4) is 0 Å². The fraction of sp³-hybridized carbons (Fsp3) is 0.588. The van der Waals surface area contributed by atoms with Crippen molar-refractivity contribution < 1.29 is 18.7 Å². The van der Waals surface area contributed by atoms with Gasteiger partial charge in [0.25, 0.3) is 0 Å². The van der Waals surface area contributed by atoms with Crippen LogP contribution in [-0.2, 0) is 4.74 Å². The number of amides is 1. The number of hydrogen-bond acceptors (Lipinski definition) is 4. The smallest absolute Gasteiger partial charge is 0.410 e. The number of methoxy groups -OCH3 is 1. The number of rotatable bonds is 2. The van der Waals surface area contributed by atoms with E-state index in [4.69, 9.17) is 9.47 Å². The molecule has 23 heavy (non-hydrogen) atoms. The average molecular weight is 324 g/mol. The van der Waals surface area contributed by atoms with Crippen LogP contribution in [0.5, 0.6) is 5.75 Å². The molecule has 1 unspecified atom stereocenters. The summed E-state index contributed by atoms with van der Waals surface area (Å²) in [7, 11) is 1.51. The summed E-state index contributed by atoms with van der Waals surface area (Å²) in [6.07, 6.45) is -0.439. The summed E-state index contributed by atoms with van der Waals surface area (Å²) in [5.41, 5.74) is 0.564. The monoisotopic (exact) mass is 324 g/mol. The van der Waals surface area contributed by atoms with Gasteiger partial charge in [-0.2, -0.15) is 0 Å². The minimum atomic E-state index is -0.595. The molecule has 1 aromatic rings. The van der Waals surface area contributed by atoms with Crippen molar-refractivity contribution in [2.75, 3.05) is 26.7 Å². The second kappa shape index (κ2) is 6.74. The lowest BCUT2D eigenvalue weighted by atomic mass is 10.00. The number of benzene rings is 1. The molecule has 0 aromatic heterocycles. The largest absolute Gasteiger partial charge is 0.496 e. The summed E-state index contributed by atoms with van der Waals surface area (Å²) in [5, 5.41) is 3.20. The third-order valence-corrected chi connectivity index (χ3v) is 3.66. The molecule has 0 aliphatic carbocycles. The van der Waals surface area contributed by atoms with Crippen LogP contribution in [0.15, 0.2) is 12.1 Å². The number of nitrogens with one attached hydrogen (secondary N) is 1. The molecule has 128 valence electrons. The summed E-state index contributed by atoms with van der Waals surface area (Å²) < 4.78 is 25.4. The van der Waals surface area contributed by atoms with Crippen LogP contribution in [0.4, 0.5) is 9.18 Å². The standard InChI is InChI=1S/C17H25FN2O3/c1-11-8-12(18)15(14(9-11)22-5)13-10-19-6-7-20(13)16(21)23-17(2,3)4/h8-9,13,19H,6-7,10H2,1-5H3. The van der Waals surface area contributed by atoms with E-state index in [0.29, 0.717) is 30.9 Å². The Bertz CT molecular complexity index is 584. The third kappa shape index (κ3) is 4.13. The van der Waals surface area contributed by atoms with Crippen molar-refractivity contribution in [3.8, 4) is 5.75 Å². The second-order valence-electron chi connectivity index (χ2n) is 6.76. The number of piperazine rings is 1. The Balaban J connectivity index is 2.37. The maximum Gasteiger partial charge on any atom is 0.410 e. The van der Waals surface area contributed by atoms with Crippen LogP contribution in [0.25, 0.3) is 0 Å². The van der Waals surface area contributed by atoms with Crippen molar-refractivity contribution in [3.63, 3.8) is 0 Å². The van der Waals surface area contributed by atoms with Crippen LogP contribution < -0.4 is 10.1 Å². The van der Waals surface area contributed by atoms with E-state index in [-0.39, 0.29) is 5.82 Å². The molecule has 1 aromatic carbocycles. The maximum atomic E-state index is 14.6. The van der Waals surface area contributed by atoms with Crippen LogP contribution in [0, 0.1) is 12.7 Å². The highest BCUT2D eigenvalue weighted by molar-refractivity contribution is 5.69. The summed E-state index contributed by atoms with van der Waals surface area (Å²) in [5.74, 6) is 0.0777. The van der Waals surface area contributed by atoms with E-state index in [1.165, 1.54) is 13.2 Å². The van der Waals surface area contributed by atoms with Crippen molar-refractivity contribution in [2.24, 2.45) is 0 Å². The molecule has 1 fully saturated rings. The number of ether oxygens (including phenoxy) is 2. The molecule has 6 heteroatoms. The van der Waals surface area contributed by atoms with Gasteiger partial charge in [0.05, 0.1) is 18.7 Å². The van der Waals surface area contributed by atoms with Crippen molar-refractivity contribution in [1.82, 2.24) is 10.2 Å². The third-order valence-electron chi connectivity index (χ3n) is 3.66. The fourth-order valence-corrected chi connectivity index (χ4v) is 2.72. The highest BCUT2D eigenvalue weighted by Gasteiger charge is 2.34. The second-order valence-corrected chi connectivity index (χ2v) is 6.76. The molecule has 1 aliphatic heterocycles. The van der Waals surface area contributed by atoms with Crippen LogP contribution in [0.2, 0.25) is 0 Å². The summed E-state index contributed by atoms with van der Waals surface area (Å²) in [6.45, 7) is 8.80. The Morgan fingerprint density at radius 2 is 2.09 bits per heavy atom. The molecule has 5 nitrogen and oxygen atoms in total. The van der Waals surface area contributed by atoms with Gasteiger partial charge in [-0.1, -0.05) is 0 Å². The van der Waals surface area contributed by atoms with Gasteiger partial charge in [-0.25, -0.2) is 9.18 Å². The molecular weight excluding hydrogens is 299 g/mol. The average Bonchev–Trinajstić information content (AvgIpc) is 2.44. The van der Waals surface area contributed by atoms with E-state index in [1.807, 2.05) is 20.8 Å². The molecule has 0 saturated carbocycles. The molecule has 1 amide bonds. The molecule has 1 saturated heterocycles. The van der Waals surface area contributed by atoms with Crippen LogP contribution in [-0.4, -0.2) is 43.3 Å². The van der Waals surface area contributed by atoms with Crippen LogP contribution in [0.1, 0.15) is 37.9 Å². The van der Waals surface area contributed by atoms with E-state index in [1.54, 1.807) is 17.9 Å². The lowest BCUT2D eigenvalue weighted by Gasteiger charge is -2.38. The van der Waals surface area contributed by atoms with E-state index < -0.39 is 17.7 Å². The summed E-state index contributed by atoms with van der Waals surface area (Å²) in [6, 6.07) is 2.77. The van der Waals surface area contributed by atoms with Gasteiger partial charge in [0.2, 0.25) is 0 Å². The molecule has 1 aliphatic rings. The lowest BCUT2D eigenvalue weighted by Crippen LogP contribution is -2.50. The Kier molecular flexibility index (Phi) is 5.14.